The van der Waals surface area contributed by atoms with Crippen molar-refractivity contribution in [2.24, 2.45) is 62.6 Å². The van der Waals surface area contributed by atoms with Crippen LogP contribution in [0.25, 0.3) is 0 Å². The van der Waals surface area contributed by atoms with Gasteiger partial charge in [-0.3, -0.25) is 4.79 Å². The molecule has 0 spiro atoms. The van der Waals surface area contributed by atoms with Gasteiger partial charge in [-0.2, -0.15) is 0 Å². The molecule has 1 aromatic carbocycles. The summed E-state index contributed by atoms with van der Waals surface area (Å²) < 4.78 is 39.3. The number of hydrogen-bond acceptors (Lipinski definition) is 5. The number of carbonyl (C=O) groups is 1. The van der Waals surface area contributed by atoms with Crippen LogP contribution in [0.5, 0.6) is 0 Å². The molecule has 60 heavy (non-hydrogen) atoms. The number of sulfone groups is 1. The molecule has 0 amide bonds. The van der Waals surface area contributed by atoms with E-state index in [1.165, 1.54) is 74.3 Å². The van der Waals surface area contributed by atoms with Crippen molar-refractivity contribution >= 4 is 15.8 Å². The van der Waals surface area contributed by atoms with Gasteiger partial charge >= 0.3 is 5.97 Å². The van der Waals surface area contributed by atoms with E-state index in [0.717, 1.165) is 51.0 Å². The van der Waals surface area contributed by atoms with Gasteiger partial charge in [0.25, 0.3) is 0 Å². The molecule has 7 aliphatic rings. The smallest absolute Gasteiger partial charge is 0.312 e. The second-order valence-electron chi connectivity index (χ2n) is 22.8. The molecular weight excluding hydrogens is 768 g/mol. The van der Waals surface area contributed by atoms with Crippen molar-refractivity contribution < 1.29 is 22.7 Å². The zero-order valence-electron chi connectivity index (χ0n) is 38.1. The van der Waals surface area contributed by atoms with Crippen LogP contribution in [0.4, 0.5) is 4.39 Å². The summed E-state index contributed by atoms with van der Waals surface area (Å²) in [5.41, 5.74) is 4.39. The Morgan fingerprint density at radius 2 is 1.63 bits per heavy atom. The normalized spacial score (nSPS) is 41.9. The fraction of sp³-hybridized carbons (Fsp3) is 0.750. The van der Waals surface area contributed by atoms with E-state index < -0.39 is 33.8 Å². The van der Waals surface area contributed by atoms with E-state index in [0.29, 0.717) is 48.9 Å². The maximum Gasteiger partial charge on any atom is 0.312 e. The Morgan fingerprint density at radius 1 is 0.917 bits per heavy atom. The minimum absolute atomic E-state index is 0.0731. The van der Waals surface area contributed by atoms with Crippen LogP contribution in [-0.2, 0) is 21.1 Å². The molecule has 1 aliphatic heterocycles. The van der Waals surface area contributed by atoms with Gasteiger partial charge < -0.3 is 15.3 Å². The number of piperidine rings is 1. The van der Waals surface area contributed by atoms with Crippen LogP contribution < -0.4 is 5.32 Å². The van der Waals surface area contributed by atoms with Crippen LogP contribution in [0.15, 0.2) is 65.8 Å². The molecule has 1 unspecified atom stereocenters. The van der Waals surface area contributed by atoms with E-state index in [2.05, 4.69) is 70.5 Å². The first-order chi connectivity index (χ1) is 28.3. The minimum Gasteiger partial charge on any atom is -0.481 e. The van der Waals surface area contributed by atoms with Gasteiger partial charge in [-0.15, -0.1) is 0 Å². The highest BCUT2D eigenvalue weighted by Crippen LogP contribution is 2.76. The van der Waals surface area contributed by atoms with Gasteiger partial charge in [0, 0.05) is 30.8 Å². The van der Waals surface area contributed by atoms with E-state index in [1.54, 1.807) is 0 Å². The van der Waals surface area contributed by atoms with Crippen LogP contribution in [-0.4, -0.2) is 74.3 Å². The minimum atomic E-state index is -2.97. The molecule has 5 fully saturated rings. The summed E-state index contributed by atoms with van der Waals surface area (Å²) in [4.78, 5) is 15.3. The van der Waals surface area contributed by atoms with Gasteiger partial charge in [0.05, 0.1) is 5.25 Å². The molecular formula is C52H77FN2O4S. The zero-order chi connectivity index (χ0) is 43.1. The number of nitrogens with zero attached hydrogens (tertiary/aromatic N) is 1. The molecule has 1 saturated heterocycles. The predicted molar refractivity (Wildman–Crippen MR) is 242 cm³/mol. The van der Waals surface area contributed by atoms with Crippen LogP contribution in [0.2, 0.25) is 0 Å². The molecule has 1 aromatic rings. The lowest BCUT2D eigenvalue weighted by Gasteiger charge is -2.72. The Labute approximate surface area is 362 Å². The summed E-state index contributed by atoms with van der Waals surface area (Å²) in [6, 6.07) is 10.0. The fourth-order valence-corrected chi connectivity index (χ4v) is 17.6. The van der Waals surface area contributed by atoms with E-state index in [9.17, 15) is 22.7 Å². The number of benzene rings is 1. The third kappa shape index (κ3) is 6.97. The van der Waals surface area contributed by atoms with Crippen LogP contribution in [0.3, 0.4) is 0 Å². The fourth-order valence-electron chi connectivity index (χ4n) is 16.5. The summed E-state index contributed by atoms with van der Waals surface area (Å²) in [6.07, 6.45) is 20.1. The molecule has 6 nitrogen and oxygen atoms in total. The van der Waals surface area contributed by atoms with E-state index in [4.69, 9.17) is 0 Å². The van der Waals surface area contributed by atoms with E-state index >= 15 is 0 Å². The number of rotatable bonds is 11. The number of likely N-dealkylation sites (tertiary alicyclic amines) is 1. The van der Waals surface area contributed by atoms with E-state index in [-0.39, 0.29) is 32.4 Å². The summed E-state index contributed by atoms with van der Waals surface area (Å²) in [5, 5.41) is 14.6. The number of carboxylic acids is 1. The standard InChI is InChI=1S/C52H77FN2O4S/c1-35(2)40-17-25-52(54-28-31-55-29-20-39(21-30-55)60(8,58)59)27-26-49(6)42(45(40)52)14-15-44-48(5)22-18-41(47(3,4)43(48)19-23-50(44,49)7)37-16-24-51(34-53,46(56)57)38(33-37)32-36-12-10-9-11-13-36/h9-13,18,33,38-40,42-45,54H,1,14-17,19-32,34H2,2-8H3,(H,56,57)/t38?,40-,42+,43-,44+,45+,48-,49+,50+,51-,52-/m0/s1. The lowest BCUT2D eigenvalue weighted by Crippen LogP contribution is -2.68. The van der Waals surface area contributed by atoms with E-state index in [1.807, 2.05) is 30.3 Å². The molecule has 0 radical (unpaired) electrons. The topological polar surface area (TPSA) is 86.7 Å². The first kappa shape index (κ1) is 44.3. The number of aliphatic carboxylic acids is 1. The Morgan fingerprint density at radius 3 is 2.28 bits per heavy atom. The number of fused-ring (bicyclic) bond motifs is 7. The van der Waals surface area contributed by atoms with Crippen molar-refractivity contribution in [2.45, 2.75) is 142 Å². The zero-order valence-corrected chi connectivity index (χ0v) is 38.9. The number of alkyl halides is 1. The van der Waals surface area contributed by atoms with Crippen molar-refractivity contribution in [3.8, 4) is 0 Å². The Bertz CT molecular complexity index is 1990. The number of hydrogen-bond donors (Lipinski definition) is 2. The van der Waals surface area contributed by atoms with Gasteiger partial charge in [-0.25, -0.2) is 12.8 Å². The molecule has 2 N–H and O–H groups in total. The van der Waals surface area contributed by atoms with Crippen LogP contribution in [0, 0.1) is 62.6 Å². The highest BCUT2D eigenvalue weighted by atomic mass is 32.2. The quantitative estimate of drug-likeness (QED) is 0.216. The van der Waals surface area contributed by atoms with Crippen LogP contribution in [0.1, 0.15) is 131 Å². The molecule has 0 bridgehead atoms. The summed E-state index contributed by atoms with van der Waals surface area (Å²) in [7, 11) is -2.97. The second kappa shape index (κ2) is 15.8. The first-order valence-electron chi connectivity index (χ1n) is 23.8. The predicted octanol–water partition coefficient (Wildman–Crippen LogP) is 10.7. The highest BCUT2D eigenvalue weighted by Gasteiger charge is 2.70. The average molecular weight is 845 g/mol. The van der Waals surface area contributed by atoms with Gasteiger partial charge in [-0.1, -0.05) is 89.3 Å². The Hall–Kier alpha value is -2.29. The molecule has 8 rings (SSSR count). The number of nitrogens with one attached hydrogen (secondary N) is 1. The SMILES string of the molecule is C=C(C)[C@@H]1CC[C@]2(NCCN3CCC(S(C)(=O)=O)CC3)CC[C@]3(C)[C@H](CC[C@@H]4[C@@]5(C)CC=C(C6=CC(Cc7ccccc7)[C@](CF)(C(=O)O)CC6)C(C)(C)[C@@H]5CC[C@]43C)[C@@H]12. The van der Waals surface area contributed by atoms with Crippen molar-refractivity contribution in [1.29, 1.82) is 0 Å². The third-order valence-corrected chi connectivity index (χ3v) is 21.6. The Kier molecular flexibility index (Phi) is 11.6. The molecule has 4 saturated carbocycles. The van der Waals surface area contributed by atoms with Gasteiger partial charge in [0.1, 0.15) is 21.9 Å². The van der Waals surface area contributed by atoms with Crippen LogP contribution >= 0.6 is 0 Å². The molecule has 11 atom stereocenters. The molecule has 332 valence electrons. The van der Waals surface area contributed by atoms with Crippen molar-refractivity contribution in [3.05, 3.63) is 71.3 Å². The first-order valence-corrected chi connectivity index (χ1v) is 25.8. The van der Waals surface area contributed by atoms with Gasteiger partial charge in [0.15, 0.2) is 0 Å². The number of halogens is 1. The maximum absolute atomic E-state index is 14.9. The van der Waals surface area contributed by atoms with Gasteiger partial charge in [-0.05, 0) is 178 Å². The molecule has 8 heteroatoms. The molecule has 1 heterocycles. The van der Waals surface area contributed by atoms with Crippen molar-refractivity contribution in [3.63, 3.8) is 0 Å². The van der Waals surface area contributed by atoms with Crippen molar-refractivity contribution in [2.75, 3.05) is 39.1 Å². The number of allylic oxidation sites excluding steroid dienone is 5. The molecule has 6 aliphatic carbocycles. The monoisotopic (exact) mass is 845 g/mol. The second-order valence-corrected chi connectivity index (χ2v) is 25.1. The molecule has 0 aromatic heterocycles. The largest absolute Gasteiger partial charge is 0.481 e. The average Bonchev–Trinajstić information content (AvgIpc) is 3.58. The van der Waals surface area contributed by atoms with Crippen molar-refractivity contribution in [1.82, 2.24) is 10.2 Å². The Balaban J connectivity index is 1.04. The third-order valence-electron chi connectivity index (χ3n) is 20.0. The lowest BCUT2D eigenvalue weighted by atomic mass is 9.33. The summed E-state index contributed by atoms with van der Waals surface area (Å²) in [6.45, 7) is 22.8. The number of carboxylic acid groups (broad SMARTS) is 1. The maximum atomic E-state index is 14.9. The highest BCUT2D eigenvalue weighted by molar-refractivity contribution is 7.91. The summed E-state index contributed by atoms with van der Waals surface area (Å²) in [5.74, 6) is 1.53. The summed E-state index contributed by atoms with van der Waals surface area (Å²) >= 11 is 0. The van der Waals surface area contributed by atoms with Gasteiger partial charge in [0.2, 0.25) is 0 Å². The lowest BCUT2D eigenvalue weighted by molar-refractivity contribution is -0.221.